The number of benzene rings is 1. The van der Waals surface area contributed by atoms with Gasteiger partial charge in [-0.1, -0.05) is 30.3 Å². The molecule has 0 amide bonds. The van der Waals surface area contributed by atoms with Crippen LogP contribution in [0.25, 0.3) is 0 Å². The smallest absolute Gasteiger partial charge is 0.188 e. The van der Waals surface area contributed by atoms with Crippen molar-refractivity contribution in [2.75, 3.05) is 6.61 Å². The highest BCUT2D eigenvalue weighted by Crippen LogP contribution is 2.60. The van der Waals surface area contributed by atoms with Crippen LogP contribution in [0.5, 0.6) is 0 Å². The van der Waals surface area contributed by atoms with Crippen LogP contribution in [0, 0.1) is 5.92 Å². The van der Waals surface area contributed by atoms with Gasteiger partial charge < -0.3 is 18.9 Å². The van der Waals surface area contributed by atoms with E-state index in [0.717, 1.165) is 6.42 Å². The summed E-state index contributed by atoms with van der Waals surface area (Å²) in [5.74, 6) is -0.0975. The zero-order valence-electron chi connectivity index (χ0n) is 11.9. The van der Waals surface area contributed by atoms with E-state index in [2.05, 4.69) is 12.1 Å². The second-order valence-corrected chi connectivity index (χ2v) is 6.44. The minimum Gasteiger partial charge on any atom is -0.374 e. The summed E-state index contributed by atoms with van der Waals surface area (Å²) in [4.78, 5) is 0. The van der Waals surface area contributed by atoms with Crippen molar-refractivity contribution in [1.29, 1.82) is 0 Å². The topological polar surface area (TPSA) is 36.9 Å². The number of hydrogen-bond acceptors (Lipinski definition) is 4. The third kappa shape index (κ3) is 2.07. The van der Waals surface area contributed by atoms with Gasteiger partial charge in [0.2, 0.25) is 0 Å². The lowest BCUT2D eigenvalue weighted by molar-refractivity contribution is -0.216. The molecule has 2 aliphatic heterocycles. The summed E-state index contributed by atoms with van der Waals surface area (Å²) in [7, 11) is 0. The molecule has 1 aromatic rings. The minimum absolute atomic E-state index is 0.0744. The van der Waals surface area contributed by atoms with Crippen molar-refractivity contribution in [2.24, 2.45) is 5.92 Å². The molecular weight excluding hydrogens is 256 g/mol. The molecule has 4 atom stereocenters. The largest absolute Gasteiger partial charge is 0.374 e. The third-order valence-electron chi connectivity index (χ3n) is 4.37. The molecule has 20 heavy (non-hydrogen) atoms. The quantitative estimate of drug-likeness (QED) is 0.846. The van der Waals surface area contributed by atoms with Crippen molar-refractivity contribution < 1.29 is 18.9 Å². The van der Waals surface area contributed by atoms with Crippen LogP contribution in [0.4, 0.5) is 0 Å². The van der Waals surface area contributed by atoms with Crippen molar-refractivity contribution in [3.63, 3.8) is 0 Å². The first-order valence-electron chi connectivity index (χ1n) is 7.23. The van der Waals surface area contributed by atoms with Crippen LogP contribution < -0.4 is 0 Å². The van der Waals surface area contributed by atoms with Gasteiger partial charge in [0.1, 0.15) is 11.7 Å². The molecule has 4 rings (SSSR count). The number of ether oxygens (including phenoxy) is 4. The van der Waals surface area contributed by atoms with E-state index in [1.807, 2.05) is 32.0 Å². The van der Waals surface area contributed by atoms with Crippen LogP contribution in [0.2, 0.25) is 0 Å². The van der Waals surface area contributed by atoms with Crippen LogP contribution in [-0.2, 0) is 25.6 Å². The Bertz CT molecular complexity index is 500. The maximum atomic E-state index is 6.05. The van der Waals surface area contributed by atoms with E-state index in [4.69, 9.17) is 18.9 Å². The van der Waals surface area contributed by atoms with E-state index >= 15 is 0 Å². The standard InChI is InChI=1S/C16H20O4/c1-15(2)18-13-12-8-16(12,20-14(13)19-15)10-17-9-11-6-4-3-5-7-11/h3-7,12-14H,8-10H2,1-2H3/t12-,13+,14-,16+/m1/s1. The summed E-state index contributed by atoms with van der Waals surface area (Å²) in [5, 5.41) is 0. The summed E-state index contributed by atoms with van der Waals surface area (Å²) in [6, 6.07) is 10.2. The van der Waals surface area contributed by atoms with Crippen LogP contribution in [0.3, 0.4) is 0 Å². The van der Waals surface area contributed by atoms with E-state index in [1.54, 1.807) is 0 Å². The molecule has 4 heteroatoms. The molecule has 0 N–H and O–H groups in total. The van der Waals surface area contributed by atoms with Gasteiger partial charge in [-0.2, -0.15) is 0 Å². The predicted octanol–water partition coefficient (Wildman–Crippen LogP) is 2.47. The van der Waals surface area contributed by atoms with Gasteiger partial charge in [0.05, 0.1) is 13.2 Å². The average Bonchev–Trinajstić information content (AvgIpc) is 2.91. The Hall–Kier alpha value is -0.940. The SMILES string of the molecule is CC1(C)O[C@@H]2O[C@]3(COCc4ccccc4)C[C@@H]3[C@@H]2O1. The maximum absolute atomic E-state index is 6.05. The first-order chi connectivity index (χ1) is 9.58. The molecule has 2 heterocycles. The van der Waals surface area contributed by atoms with Crippen molar-refractivity contribution in [3.8, 4) is 0 Å². The Balaban J connectivity index is 1.32. The van der Waals surface area contributed by atoms with Gasteiger partial charge in [0.25, 0.3) is 0 Å². The molecule has 108 valence electrons. The Labute approximate surface area is 119 Å². The summed E-state index contributed by atoms with van der Waals surface area (Å²) >= 11 is 0. The third-order valence-corrected chi connectivity index (χ3v) is 4.37. The lowest BCUT2D eigenvalue weighted by Crippen LogP contribution is -2.28. The average molecular weight is 276 g/mol. The van der Waals surface area contributed by atoms with Gasteiger partial charge in [-0.15, -0.1) is 0 Å². The second-order valence-electron chi connectivity index (χ2n) is 6.44. The molecule has 2 saturated heterocycles. The summed E-state index contributed by atoms with van der Waals surface area (Å²) < 4.78 is 23.6. The summed E-state index contributed by atoms with van der Waals surface area (Å²) in [6.07, 6.45) is 0.872. The maximum Gasteiger partial charge on any atom is 0.188 e. The molecule has 1 aliphatic carbocycles. The van der Waals surface area contributed by atoms with Crippen LogP contribution in [0.15, 0.2) is 30.3 Å². The lowest BCUT2D eigenvalue weighted by Gasteiger charge is -2.21. The number of hydrogen-bond donors (Lipinski definition) is 0. The number of fused-ring (bicyclic) bond motifs is 3. The summed E-state index contributed by atoms with van der Waals surface area (Å²) in [6.45, 7) is 5.11. The van der Waals surface area contributed by atoms with Gasteiger partial charge >= 0.3 is 0 Å². The normalized spacial score (nSPS) is 40.4. The lowest BCUT2D eigenvalue weighted by atomic mass is 10.2. The second kappa shape index (κ2) is 4.28. The van der Waals surface area contributed by atoms with Crippen LogP contribution in [0.1, 0.15) is 25.8 Å². The first-order valence-corrected chi connectivity index (χ1v) is 7.23. The Morgan fingerprint density at radius 1 is 1.15 bits per heavy atom. The highest BCUT2D eigenvalue weighted by atomic mass is 16.8. The monoisotopic (exact) mass is 276 g/mol. The fraction of sp³-hybridized carbons (Fsp3) is 0.625. The van der Waals surface area contributed by atoms with Gasteiger partial charge in [0, 0.05) is 5.92 Å². The van der Waals surface area contributed by atoms with Crippen LogP contribution in [-0.4, -0.2) is 30.4 Å². The predicted molar refractivity (Wildman–Crippen MR) is 71.8 cm³/mol. The zero-order chi connectivity index (χ0) is 13.8. The molecule has 1 aromatic carbocycles. The van der Waals surface area contributed by atoms with E-state index < -0.39 is 5.79 Å². The fourth-order valence-electron chi connectivity index (χ4n) is 3.33. The Morgan fingerprint density at radius 3 is 2.70 bits per heavy atom. The van der Waals surface area contributed by atoms with Crippen LogP contribution >= 0.6 is 0 Å². The molecule has 0 bridgehead atoms. The van der Waals surface area contributed by atoms with E-state index in [1.165, 1.54) is 5.56 Å². The summed E-state index contributed by atoms with van der Waals surface area (Å²) in [5.41, 5.74) is 1.02. The molecule has 4 nitrogen and oxygen atoms in total. The minimum atomic E-state index is -0.519. The van der Waals surface area contributed by atoms with Gasteiger partial charge in [-0.25, -0.2) is 0 Å². The van der Waals surface area contributed by atoms with Gasteiger partial charge in [0.15, 0.2) is 12.1 Å². The van der Waals surface area contributed by atoms with Gasteiger partial charge in [-0.05, 0) is 25.8 Å². The molecule has 0 unspecified atom stereocenters. The van der Waals surface area contributed by atoms with E-state index in [0.29, 0.717) is 19.1 Å². The molecule has 0 aromatic heterocycles. The molecule has 0 spiro atoms. The van der Waals surface area contributed by atoms with E-state index in [9.17, 15) is 0 Å². The fourth-order valence-corrected chi connectivity index (χ4v) is 3.33. The molecule has 3 aliphatic rings. The van der Waals surface area contributed by atoms with Crippen molar-refractivity contribution in [1.82, 2.24) is 0 Å². The van der Waals surface area contributed by atoms with Crippen molar-refractivity contribution >= 4 is 0 Å². The Morgan fingerprint density at radius 2 is 1.95 bits per heavy atom. The Kier molecular flexibility index (Phi) is 2.73. The highest BCUT2D eigenvalue weighted by Gasteiger charge is 2.71. The molecule has 3 fully saturated rings. The molecular formula is C16H20O4. The molecule has 0 radical (unpaired) electrons. The highest BCUT2D eigenvalue weighted by molar-refractivity contribution is 5.17. The van der Waals surface area contributed by atoms with E-state index in [-0.39, 0.29) is 18.0 Å². The van der Waals surface area contributed by atoms with Crippen molar-refractivity contribution in [3.05, 3.63) is 35.9 Å². The molecule has 1 saturated carbocycles. The van der Waals surface area contributed by atoms with Gasteiger partial charge in [-0.3, -0.25) is 0 Å². The number of rotatable bonds is 4. The first kappa shape index (κ1) is 12.8. The van der Waals surface area contributed by atoms with Crippen molar-refractivity contribution in [2.45, 2.75) is 50.7 Å². The zero-order valence-corrected chi connectivity index (χ0v) is 11.9.